The van der Waals surface area contributed by atoms with Crippen molar-refractivity contribution >= 4 is 26.8 Å². The zero-order valence-electron chi connectivity index (χ0n) is 11.0. The van der Waals surface area contributed by atoms with Crippen LogP contribution in [0.3, 0.4) is 0 Å². The van der Waals surface area contributed by atoms with Crippen molar-refractivity contribution < 1.29 is 4.42 Å². The molecule has 1 aromatic carbocycles. The van der Waals surface area contributed by atoms with Crippen LogP contribution in [0.25, 0.3) is 10.9 Å². The van der Waals surface area contributed by atoms with Crippen molar-refractivity contribution in [3.8, 4) is 0 Å². The van der Waals surface area contributed by atoms with E-state index in [0.717, 1.165) is 29.3 Å². The first-order chi connectivity index (χ1) is 9.04. The van der Waals surface area contributed by atoms with Crippen molar-refractivity contribution in [3.63, 3.8) is 0 Å². The van der Waals surface area contributed by atoms with E-state index in [2.05, 4.69) is 22.9 Å². The number of hydrogen-bond donors (Lipinski definition) is 0. The third-order valence-corrected chi connectivity index (χ3v) is 3.69. The Balaban J connectivity index is 2.68. The molecule has 0 aliphatic heterocycles. The van der Waals surface area contributed by atoms with Crippen molar-refractivity contribution in [1.82, 2.24) is 4.57 Å². The number of nitrogens with zero attached hydrogens (tertiary/aromatic N) is 1. The molecule has 0 saturated carbocycles. The summed E-state index contributed by atoms with van der Waals surface area (Å²) < 4.78 is 7.08. The summed E-state index contributed by atoms with van der Waals surface area (Å²) in [5.74, 6) is -0.585. The lowest BCUT2D eigenvalue weighted by Crippen LogP contribution is -2.25. The van der Waals surface area contributed by atoms with Gasteiger partial charge in [-0.2, -0.15) is 0 Å². The number of hydrogen-bond acceptors (Lipinski definition) is 3. The number of rotatable bonds is 4. The number of halogens is 1. The Morgan fingerprint density at radius 2 is 2.00 bits per heavy atom. The summed E-state index contributed by atoms with van der Waals surface area (Å²) in [4.78, 5) is 23.6. The minimum Gasteiger partial charge on any atom is -0.372 e. The summed E-state index contributed by atoms with van der Waals surface area (Å²) in [6.45, 7) is 4.57. The Morgan fingerprint density at radius 3 is 2.68 bits per heavy atom. The van der Waals surface area contributed by atoms with Gasteiger partial charge in [0.15, 0.2) is 0 Å². The quantitative estimate of drug-likeness (QED) is 0.811. The van der Waals surface area contributed by atoms with E-state index in [0.29, 0.717) is 17.4 Å². The van der Waals surface area contributed by atoms with Crippen molar-refractivity contribution in [1.29, 1.82) is 0 Å². The van der Waals surface area contributed by atoms with Crippen LogP contribution in [0, 0.1) is 6.92 Å². The second kappa shape index (κ2) is 5.74. The number of benzene rings is 1. The Morgan fingerprint density at radius 1 is 1.26 bits per heavy atom. The molecule has 0 amide bonds. The summed E-state index contributed by atoms with van der Waals surface area (Å²) in [6.07, 6.45) is 3.00. The second-order valence-electron chi connectivity index (χ2n) is 4.66. The lowest BCUT2D eigenvalue weighted by Gasteiger charge is -2.10. The van der Waals surface area contributed by atoms with Gasteiger partial charge in [-0.1, -0.05) is 19.8 Å². The molecule has 0 bridgehead atoms. The molecule has 4 nitrogen and oxygen atoms in total. The van der Waals surface area contributed by atoms with Crippen LogP contribution in [0.5, 0.6) is 0 Å². The average molecular weight is 326 g/mol. The van der Waals surface area contributed by atoms with Crippen LogP contribution in [0.15, 0.2) is 30.6 Å². The molecule has 19 heavy (non-hydrogen) atoms. The molecule has 1 aromatic heterocycles. The Bertz CT molecular complexity index is 715. The SMILES string of the molecule is CCCCCn1c(=O)oc(=O)c2cc(C)cc(Br)c21. The zero-order chi connectivity index (χ0) is 14.0. The predicted octanol–water partition coefficient (Wildman–Crippen LogP) is 3.22. The van der Waals surface area contributed by atoms with E-state index in [1.165, 1.54) is 4.57 Å². The molecule has 0 fully saturated rings. The molecule has 0 saturated heterocycles. The van der Waals surface area contributed by atoms with E-state index in [-0.39, 0.29) is 0 Å². The first-order valence-corrected chi connectivity index (χ1v) is 7.17. The maximum atomic E-state index is 11.9. The van der Waals surface area contributed by atoms with Crippen molar-refractivity contribution in [2.75, 3.05) is 0 Å². The van der Waals surface area contributed by atoms with Gasteiger partial charge in [0, 0.05) is 11.0 Å². The zero-order valence-corrected chi connectivity index (χ0v) is 12.6. The van der Waals surface area contributed by atoms with Gasteiger partial charge < -0.3 is 4.42 Å². The second-order valence-corrected chi connectivity index (χ2v) is 5.51. The summed E-state index contributed by atoms with van der Waals surface area (Å²) >= 11 is 3.44. The maximum absolute atomic E-state index is 11.9. The topological polar surface area (TPSA) is 52.2 Å². The van der Waals surface area contributed by atoms with Gasteiger partial charge in [-0.3, -0.25) is 4.57 Å². The minimum absolute atomic E-state index is 0.447. The third-order valence-electron chi connectivity index (χ3n) is 3.08. The lowest BCUT2D eigenvalue weighted by molar-refractivity contribution is 0.410. The van der Waals surface area contributed by atoms with Gasteiger partial charge in [0.05, 0.1) is 10.9 Å². The average Bonchev–Trinajstić information content (AvgIpc) is 2.33. The highest BCUT2D eigenvalue weighted by Gasteiger charge is 2.12. The monoisotopic (exact) mass is 325 g/mol. The van der Waals surface area contributed by atoms with E-state index in [4.69, 9.17) is 4.42 Å². The van der Waals surface area contributed by atoms with Gasteiger partial charge in [0.2, 0.25) is 0 Å². The summed E-state index contributed by atoms with van der Waals surface area (Å²) in [5, 5.41) is 0.447. The molecule has 1 heterocycles. The number of aromatic nitrogens is 1. The highest BCUT2D eigenvalue weighted by atomic mass is 79.9. The molecule has 0 unspecified atom stereocenters. The standard InChI is InChI=1S/C14H16BrNO3/c1-3-4-5-6-16-12-10(13(17)19-14(16)18)7-9(2)8-11(12)15/h7-8H,3-6H2,1-2H3. The summed E-state index contributed by atoms with van der Waals surface area (Å²) in [5.41, 5.74) is 1.00. The normalized spacial score (nSPS) is 11.1. The van der Waals surface area contributed by atoms with Gasteiger partial charge in [0.1, 0.15) is 0 Å². The summed E-state index contributed by atoms with van der Waals surface area (Å²) in [6, 6.07) is 3.65. The molecule has 2 rings (SSSR count). The molecule has 0 N–H and O–H groups in total. The van der Waals surface area contributed by atoms with Crippen LogP contribution < -0.4 is 11.4 Å². The van der Waals surface area contributed by atoms with Gasteiger partial charge >= 0.3 is 11.4 Å². The number of fused-ring (bicyclic) bond motifs is 1. The summed E-state index contributed by atoms with van der Waals surface area (Å²) in [7, 11) is 0. The highest BCUT2D eigenvalue weighted by molar-refractivity contribution is 9.10. The van der Waals surface area contributed by atoms with Crippen LogP contribution in [0.4, 0.5) is 0 Å². The van der Waals surface area contributed by atoms with Gasteiger partial charge in [-0.05, 0) is 47.0 Å². The van der Waals surface area contributed by atoms with Crippen LogP contribution in [-0.2, 0) is 6.54 Å². The molecule has 0 aliphatic rings. The maximum Gasteiger partial charge on any atom is 0.422 e. The van der Waals surface area contributed by atoms with Crippen molar-refractivity contribution in [3.05, 3.63) is 43.1 Å². The largest absolute Gasteiger partial charge is 0.422 e. The van der Waals surface area contributed by atoms with E-state index in [9.17, 15) is 9.59 Å². The van der Waals surface area contributed by atoms with Crippen LogP contribution in [-0.4, -0.2) is 4.57 Å². The van der Waals surface area contributed by atoms with Crippen LogP contribution in [0.2, 0.25) is 0 Å². The van der Waals surface area contributed by atoms with Gasteiger partial charge in [0.25, 0.3) is 0 Å². The van der Waals surface area contributed by atoms with E-state index < -0.39 is 11.4 Å². The minimum atomic E-state index is -0.585. The Labute approximate surface area is 119 Å². The molecular formula is C14H16BrNO3. The lowest BCUT2D eigenvalue weighted by atomic mass is 10.1. The van der Waals surface area contributed by atoms with E-state index >= 15 is 0 Å². The van der Waals surface area contributed by atoms with Crippen LogP contribution >= 0.6 is 15.9 Å². The molecule has 0 spiro atoms. The molecule has 0 radical (unpaired) electrons. The fourth-order valence-corrected chi connectivity index (χ4v) is 2.96. The van der Waals surface area contributed by atoms with Crippen LogP contribution in [0.1, 0.15) is 31.7 Å². The first-order valence-electron chi connectivity index (χ1n) is 6.38. The number of aryl methyl sites for hydroxylation is 2. The first kappa shape index (κ1) is 14.1. The fourth-order valence-electron chi connectivity index (χ4n) is 2.17. The molecule has 0 atom stereocenters. The smallest absolute Gasteiger partial charge is 0.372 e. The van der Waals surface area contributed by atoms with Gasteiger partial charge in [-0.15, -0.1) is 0 Å². The predicted molar refractivity (Wildman–Crippen MR) is 78.7 cm³/mol. The number of unbranched alkanes of at least 4 members (excludes halogenated alkanes) is 2. The Kier molecular flexibility index (Phi) is 4.24. The molecule has 102 valence electrons. The molecule has 0 aliphatic carbocycles. The molecule has 5 heteroatoms. The highest BCUT2D eigenvalue weighted by Crippen LogP contribution is 2.23. The fraction of sp³-hybridized carbons (Fsp3) is 0.429. The van der Waals surface area contributed by atoms with Crippen molar-refractivity contribution in [2.45, 2.75) is 39.7 Å². The third kappa shape index (κ3) is 2.81. The molecule has 2 aromatic rings. The molecular weight excluding hydrogens is 310 g/mol. The van der Waals surface area contributed by atoms with E-state index in [1.807, 2.05) is 13.0 Å². The van der Waals surface area contributed by atoms with E-state index in [1.54, 1.807) is 6.07 Å². The van der Waals surface area contributed by atoms with Crippen molar-refractivity contribution in [2.24, 2.45) is 0 Å². The van der Waals surface area contributed by atoms with Gasteiger partial charge in [-0.25, -0.2) is 9.59 Å². The Hall–Kier alpha value is -1.36.